The van der Waals surface area contributed by atoms with Gasteiger partial charge >= 0.3 is 6.03 Å². The molecule has 0 saturated heterocycles. The minimum atomic E-state index is -0.394. The van der Waals surface area contributed by atoms with Crippen molar-refractivity contribution >= 4 is 11.7 Å². The highest BCUT2D eigenvalue weighted by Gasteiger charge is 2.06. The first-order valence-electron chi connectivity index (χ1n) is 7.22. The Kier molecular flexibility index (Phi) is 5.94. The van der Waals surface area contributed by atoms with E-state index in [1.165, 1.54) is 12.1 Å². The van der Waals surface area contributed by atoms with Gasteiger partial charge in [0.05, 0.1) is 12.6 Å². The van der Waals surface area contributed by atoms with E-state index in [0.29, 0.717) is 11.4 Å². The van der Waals surface area contributed by atoms with Gasteiger partial charge in [0.2, 0.25) is 0 Å². The smallest absolute Gasteiger partial charge is 0.319 e. The molecule has 0 aliphatic heterocycles. The Bertz CT molecular complexity index is 664. The monoisotopic (exact) mass is 318 g/mol. The van der Waals surface area contributed by atoms with Crippen LogP contribution in [0, 0.1) is 5.82 Å². The number of halogens is 1. The number of hydrogen-bond acceptors (Lipinski definition) is 3. The fourth-order valence-corrected chi connectivity index (χ4v) is 1.90. The number of anilines is 1. The molecule has 3 N–H and O–H groups in total. The average molecular weight is 318 g/mol. The summed E-state index contributed by atoms with van der Waals surface area (Å²) in [6.45, 7) is 1.82. The standard InChI is InChI=1S/C17H19FN2O3/c1-12(10-21)19-17(22)20-15-6-2-4-13(8-15)11-23-16-7-3-5-14(18)9-16/h2-9,12,21H,10-11H2,1H3,(H2,19,20,22). The van der Waals surface area contributed by atoms with Gasteiger partial charge < -0.3 is 20.5 Å². The molecule has 0 aliphatic rings. The molecule has 0 aromatic heterocycles. The summed E-state index contributed by atoms with van der Waals surface area (Å²) < 4.78 is 18.6. The van der Waals surface area contributed by atoms with Crippen molar-refractivity contribution in [1.29, 1.82) is 0 Å². The fraction of sp³-hybridized carbons (Fsp3) is 0.235. The van der Waals surface area contributed by atoms with Gasteiger partial charge in [-0.3, -0.25) is 0 Å². The van der Waals surface area contributed by atoms with Crippen molar-refractivity contribution in [2.45, 2.75) is 19.6 Å². The third kappa shape index (κ3) is 5.60. The number of carbonyl (C=O) groups excluding carboxylic acids is 1. The number of aliphatic hydroxyl groups is 1. The van der Waals surface area contributed by atoms with Crippen molar-refractivity contribution in [1.82, 2.24) is 5.32 Å². The zero-order valence-electron chi connectivity index (χ0n) is 12.8. The zero-order valence-corrected chi connectivity index (χ0v) is 12.8. The Labute approximate surface area is 134 Å². The molecule has 0 bridgehead atoms. The Morgan fingerprint density at radius 1 is 1.26 bits per heavy atom. The maximum atomic E-state index is 13.1. The van der Waals surface area contributed by atoms with Gasteiger partial charge in [-0.25, -0.2) is 9.18 Å². The third-order valence-corrected chi connectivity index (χ3v) is 3.04. The second-order valence-electron chi connectivity index (χ2n) is 5.13. The second-order valence-corrected chi connectivity index (χ2v) is 5.13. The van der Waals surface area contributed by atoms with E-state index in [0.717, 1.165) is 5.56 Å². The van der Waals surface area contributed by atoms with Crippen LogP contribution >= 0.6 is 0 Å². The maximum Gasteiger partial charge on any atom is 0.319 e. The number of carbonyl (C=O) groups is 1. The van der Waals surface area contributed by atoms with E-state index in [9.17, 15) is 9.18 Å². The quantitative estimate of drug-likeness (QED) is 0.767. The first kappa shape index (κ1) is 16.8. The van der Waals surface area contributed by atoms with Crippen molar-refractivity contribution in [3.63, 3.8) is 0 Å². The Morgan fingerprint density at radius 2 is 2.04 bits per heavy atom. The minimum Gasteiger partial charge on any atom is -0.489 e. The van der Waals surface area contributed by atoms with Crippen molar-refractivity contribution in [3.05, 3.63) is 59.9 Å². The summed E-state index contributed by atoms with van der Waals surface area (Å²) in [5, 5.41) is 14.2. The van der Waals surface area contributed by atoms with E-state index < -0.39 is 6.03 Å². The molecule has 1 atom stereocenters. The minimum absolute atomic E-state index is 0.130. The van der Waals surface area contributed by atoms with E-state index in [1.807, 2.05) is 6.07 Å². The van der Waals surface area contributed by atoms with Crippen molar-refractivity contribution < 1.29 is 19.0 Å². The molecule has 0 spiro atoms. The van der Waals surface area contributed by atoms with Crippen LogP contribution in [0.25, 0.3) is 0 Å². The molecule has 0 radical (unpaired) electrons. The molecule has 2 aromatic rings. The number of urea groups is 1. The van der Waals surface area contributed by atoms with Gasteiger partial charge in [0.25, 0.3) is 0 Å². The normalized spacial score (nSPS) is 11.6. The third-order valence-electron chi connectivity index (χ3n) is 3.04. The first-order valence-corrected chi connectivity index (χ1v) is 7.22. The van der Waals surface area contributed by atoms with Crippen LogP contribution in [0.2, 0.25) is 0 Å². The summed E-state index contributed by atoms with van der Waals surface area (Å²) in [5.74, 6) is 0.0884. The first-order chi connectivity index (χ1) is 11.1. The van der Waals surface area contributed by atoms with E-state index in [4.69, 9.17) is 9.84 Å². The van der Waals surface area contributed by atoms with Crippen LogP contribution < -0.4 is 15.4 Å². The fourth-order valence-electron chi connectivity index (χ4n) is 1.90. The highest BCUT2D eigenvalue weighted by Crippen LogP contribution is 2.16. The SMILES string of the molecule is CC(CO)NC(=O)Nc1cccc(COc2cccc(F)c2)c1. The molecule has 23 heavy (non-hydrogen) atoms. The lowest BCUT2D eigenvalue weighted by molar-refractivity contribution is 0.229. The molecule has 122 valence electrons. The summed E-state index contributed by atoms with van der Waals surface area (Å²) in [4.78, 5) is 11.7. The summed E-state index contributed by atoms with van der Waals surface area (Å²) >= 11 is 0. The number of benzene rings is 2. The molecule has 0 aliphatic carbocycles. The van der Waals surface area contributed by atoms with Crippen molar-refractivity contribution in [3.8, 4) is 5.75 Å². The number of aliphatic hydroxyl groups excluding tert-OH is 1. The van der Waals surface area contributed by atoms with Gasteiger partial charge in [0, 0.05) is 11.8 Å². The molecular formula is C17H19FN2O3. The number of nitrogens with one attached hydrogen (secondary N) is 2. The molecule has 5 nitrogen and oxygen atoms in total. The largest absolute Gasteiger partial charge is 0.489 e. The van der Waals surface area contributed by atoms with Crippen LogP contribution in [0.5, 0.6) is 5.75 Å². The van der Waals surface area contributed by atoms with Gasteiger partial charge in [-0.2, -0.15) is 0 Å². The topological polar surface area (TPSA) is 70.6 Å². The lowest BCUT2D eigenvalue weighted by atomic mass is 10.2. The molecule has 2 rings (SSSR count). The molecule has 0 heterocycles. The zero-order chi connectivity index (χ0) is 16.7. The molecular weight excluding hydrogens is 299 g/mol. The van der Waals surface area contributed by atoms with Gasteiger partial charge in [0.1, 0.15) is 18.2 Å². The molecule has 0 saturated carbocycles. The molecule has 1 unspecified atom stereocenters. The molecule has 2 amide bonds. The predicted molar refractivity (Wildman–Crippen MR) is 85.9 cm³/mol. The summed E-state index contributed by atoms with van der Waals surface area (Å²) in [5.41, 5.74) is 1.44. The Balaban J connectivity index is 1.93. The van der Waals surface area contributed by atoms with E-state index in [-0.39, 0.29) is 25.1 Å². The van der Waals surface area contributed by atoms with Crippen LogP contribution in [0.1, 0.15) is 12.5 Å². The molecule has 0 fully saturated rings. The van der Waals surface area contributed by atoms with Crippen molar-refractivity contribution in [2.75, 3.05) is 11.9 Å². The Morgan fingerprint density at radius 3 is 2.78 bits per heavy atom. The number of amides is 2. The van der Waals surface area contributed by atoms with Crippen LogP contribution in [0.15, 0.2) is 48.5 Å². The van der Waals surface area contributed by atoms with Crippen LogP contribution in [0.4, 0.5) is 14.9 Å². The Hall–Kier alpha value is -2.60. The van der Waals surface area contributed by atoms with Crippen molar-refractivity contribution in [2.24, 2.45) is 0 Å². The molecule has 2 aromatic carbocycles. The second kappa shape index (κ2) is 8.14. The lowest BCUT2D eigenvalue weighted by Crippen LogP contribution is -2.38. The maximum absolute atomic E-state index is 13.1. The number of hydrogen-bond donors (Lipinski definition) is 3. The summed E-state index contributed by atoms with van der Waals surface area (Å²) in [6.07, 6.45) is 0. The number of ether oxygens (including phenoxy) is 1. The van der Waals surface area contributed by atoms with Gasteiger partial charge in [-0.05, 0) is 36.8 Å². The average Bonchev–Trinajstić information content (AvgIpc) is 2.53. The highest BCUT2D eigenvalue weighted by molar-refractivity contribution is 5.89. The lowest BCUT2D eigenvalue weighted by Gasteiger charge is -2.13. The van der Waals surface area contributed by atoms with Gasteiger partial charge in [-0.1, -0.05) is 18.2 Å². The van der Waals surface area contributed by atoms with E-state index in [1.54, 1.807) is 37.3 Å². The number of rotatable bonds is 6. The van der Waals surface area contributed by atoms with Gasteiger partial charge in [0.15, 0.2) is 0 Å². The molecule has 6 heteroatoms. The summed E-state index contributed by atoms with van der Waals surface area (Å²) in [6, 6.07) is 12.3. The summed E-state index contributed by atoms with van der Waals surface area (Å²) in [7, 11) is 0. The highest BCUT2D eigenvalue weighted by atomic mass is 19.1. The van der Waals surface area contributed by atoms with Crippen LogP contribution in [0.3, 0.4) is 0 Å². The van der Waals surface area contributed by atoms with Crippen LogP contribution in [-0.4, -0.2) is 23.8 Å². The van der Waals surface area contributed by atoms with E-state index >= 15 is 0 Å². The predicted octanol–water partition coefficient (Wildman–Crippen LogP) is 2.91. The van der Waals surface area contributed by atoms with E-state index in [2.05, 4.69) is 10.6 Å². The van der Waals surface area contributed by atoms with Gasteiger partial charge in [-0.15, -0.1) is 0 Å². The van der Waals surface area contributed by atoms with Crippen LogP contribution in [-0.2, 0) is 6.61 Å².